The minimum Gasteiger partial charge on any atom is -0.497 e. The first kappa shape index (κ1) is 36.7. The summed E-state index contributed by atoms with van der Waals surface area (Å²) in [6, 6.07) is 13.5. The highest BCUT2D eigenvalue weighted by atomic mass is 35.5. The van der Waals surface area contributed by atoms with Gasteiger partial charge in [-0.25, -0.2) is 23.6 Å². The summed E-state index contributed by atoms with van der Waals surface area (Å²) < 4.78 is 30.9. The summed E-state index contributed by atoms with van der Waals surface area (Å²) in [6.45, 7) is 5.72. The predicted molar refractivity (Wildman–Crippen MR) is 195 cm³/mol. The highest BCUT2D eigenvalue weighted by molar-refractivity contribution is 6.31. The molecule has 1 fully saturated rings. The zero-order chi connectivity index (χ0) is 37.0. The number of aromatic nitrogens is 2. The molecule has 3 aromatic carbocycles. The molecular weight excluding hydrogens is 685 g/mol. The molecule has 16 heteroatoms. The number of urea groups is 1. The second kappa shape index (κ2) is 15.1. The van der Waals surface area contributed by atoms with Crippen LogP contribution in [0.4, 0.5) is 25.4 Å². The highest BCUT2D eigenvalue weighted by Crippen LogP contribution is 2.37. The number of fused-ring (bicyclic) bond motifs is 1. The van der Waals surface area contributed by atoms with Gasteiger partial charge in [0.25, 0.3) is 5.56 Å². The van der Waals surface area contributed by atoms with E-state index in [-0.39, 0.29) is 46.2 Å². The van der Waals surface area contributed by atoms with Crippen molar-refractivity contribution in [3.8, 4) is 11.5 Å². The van der Waals surface area contributed by atoms with Gasteiger partial charge in [0.05, 0.1) is 57.1 Å². The summed E-state index contributed by atoms with van der Waals surface area (Å²) >= 11 is 6.31. The van der Waals surface area contributed by atoms with E-state index in [0.29, 0.717) is 33.4 Å². The van der Waals surface area contributed by atoms with Gasteiger partial charge in [0.15, 0.2) is 5.82 Å². The number of amides is 4. The molecule has 2 N–H and O–H groups in total. The average molecular weight is 728 g/mol. The molecule has 1 aliphatic heterocycles. The maximum atomic E-state index is 14.4. The van der Waals surface area contributed by atoms with Gasteiger partial charge in [0.2, 0.25) is 5.91 Å². The van der Waals surface area contributed by atoms with Gasteiger partial charge in [-0.2, -0.15) is 0 Å². The van der Waals surface area contributed by atoms with Crippen LogP contribution in [-0.2, 0) is 9.53 Å². The van der Waals surface area contributed by atoms with Crippen LogP contribution in [0.15, 0.2) is 65.5 Å². The van der Waals surface area contributed by atoms with E-state index in [0.717, 1.165) is 0 Å². The zero-order valence-corrected chi connectivity index (χ0v) is 29.8. The number of alkyl carbamates (subject to hydrolysis) is 1. The second-order valence-corrected chi connectivity index (χ2v) is 12.7. The fourth-order valence-electron chi connectivity index (χ4n) is 5.87. The molecule has 0 spiro atoms. The maximum Gasteiger partial charge on any atom is 0.407 e. The van der Waals surface area contributed by atoms with E-state index in [2.05, 4.69) is 15.4 Å². The minimum atomic E-state index is -1.25. The molecule has 2 heterocycles. The Morgan fingerprint density at radius 1 is 0.980 bits per heavy atom. The number of hydrogen-bond donors (Lipinski definition) is 2. The van der Waals surface area contributed by atoms with E-state index in [4.69, 9.17) is 26.1 Å². The predicted octanol–water partition coefficient (Wildman–Crippen LogP) is 5.41. The smallest absolute Gasteiger partial charge is 0.407 e. The first-order valence-electron chi connectivity index (χ1n) is 16.0. The summed E-state index contributed by atoms with van der Waals surface area (Å²) in [5, 5.41) is 7.72. The van der Waals surface area contributed by atoms with Crippen LogP contribution in [0.2, 0.25) is 5.02 Å². The molecule has 1 unspecified atom stereocenters. The van der Waals surface area contributed by atoms with Crippen molar-refractivity contribution in [3.63, 3.8) is 0 Å². The minimum absolute atomic E-state index is 0. The van der Waals surface area contributed by atoms with Crippen LogP contribution in [0.5, 0.6) is 11.5 Å². The van der Waals surface area contributed by atoms with Gasteiger partial charge >= 0.3 is 12.1 Å². The molecule has 51 heavy (non-hydrogen) atoms. The summed E-state index contributed by atoms with van der Waals surface area (Å²) in [5.41, 5.74) is -0.666. The lowest BCUT2D eigenvalue weighted by molar-refractivity contribution is -0.137. The Hall–Kier alpha value is -5.57. The Morgan fingerprint density at radius 3 is 2.29 bits per heavy atom. The maximum absolute atomic E-state index is 14.4. The van der Waals surface area contributed by atoms with Crippen molar-refractivity contribution < 1.29 is 35.8 Å². The lowest BCUT2D eigenvalue weighted by Crippen LogP contribution is -2.62. The number of carbonyl (C=O) groups excluding carboxylic acids is 3. The Balaban J connectivity index is 0.00000378. The van der Waals surface area contributed by atoms with Gasteiger partial charge < -0.3 is 34.8 Å². The second-order valence-electron chi connectivity index (χ2n) is 12.3. The molecule has 0 bridgehead atoms. The molecule has 274 valence electrons. The van der Waals surface area contributed by atoms with E-state index in [9.17, 15) is 23.6 Å². The van der Waals surface area contributed by atoms with E-state index < -0.39 is 35.1 Å². The van der Waals surface area contributed by atoms with Crippen LogP contribution in [-0.4, -0.2) is 85.6 Å². The van der Waals surface area contributed by atoms with Crippen molar-refractivity contribution >= 4 is 51.9 Å². The molecule has 5 rings (SSSR count). The SMILES string of the molecule is COC(=O)NC(C)(C)C(=O)N1CCN(n2c(C(C)N(C(=O)Nc3ccc(F)cc3)c3ccc(OC)cc3OC)nc3ccc(Cl)cc3c2=O)CC1.[HH].[HH]. The van der Waals surface area contributed by atoms with E-state index in [1.165, 1.54) is 61.2 Å². The molecule has 1 saturated heterocycles. The number of methoxy groups -OCH3 is 3. The number of carbonyl (C=O) groups is 3. The number of halogens is 2. The van der Waals surface area contributed by atoms with Crippen LogP contribution in [0, 0.1) is 5.82 Å². The van der Waals surface area contributed by atoms with E-state index in [1.54, 1.807) is 61.0 Å². The van der Waals surface area contributed by atoms with Crippen molar-refractivity contribution in [2.75, 3.05) is 62.7 Å². The third-order valence-electron chi connectivity index (χ3n) is 8.52. The number of ether oxygens (including phenoxy) is 3. The normalized spacial score (nSPS) is 13.7. The Morgan fingerprint density at radius 2 is 1.67 bits per heavy atom. The lowest BCUT2D eigenvalue weighted by Gasteiger charge is -2.41. The number of nitrogens with zero attached hydrogens (tertiary/aromatic N) is 5. The topological polar surface area (TPSA) is 148 Å². The van der Waals surface area contributed by atoms with Crippen molar-refractivity contribution in [2.24, 2.45) is 0 Å². The number of anilines is 2. The van der Waals surface area contributed by atoms with Gasteiger partial charge in [0, 0.05) is 32.7 Å². The Bertz CT molecular complexity index is 2010. The third kappa shape index (κ3) is 7.77. The van der Waals surface area contributed by atoms with Crippen molar-refractivity contribution in [1.82, 2.24) is 19.9 Å². The van der Waals surface area contributed by atoms with Crippen LogP contribution >= 0.6 is 11.6 Å². The Labute approximate surface area is 301 Å². The number of piperazine rings is 1. The average Bonchev–Trinajstić information content (AvgIpc) is 3.12. The van der Waals surface area contributed by atoms with Crippen LogP contribution in [0.3, 0.4) is 0 Å². The number of hydrogen-bond acceptors (Lipinski definition) is 9. The standard InChI is InChI=1S/C35H39ClFN7O7.2H2/c1-21(43(28-14-12-25(49-4)20-29(28)50-5)33(47)38-24-10-8-23(37)9-11-24)30-39-27-13-7-22(36)19-26(27)31(45)44(30)42-17-15-41(16-18-42)32(46)35(2,3)40-34(48)51-6;;/h7-14,19-21H,15-18H2,1-6H3,(H,38,47)(H,40,48);2*1H. The third-order valence-corrected chi connectivity index (χ3v) is 8.75. The molecule has 1 aromatic heterocycles. The van der Waals surface area contributed by atoms with Gasteiger partial charge in [-0.05, 0) is 75.4 Å². The molecule has 0 aliphatic carbocycles. The fraction of sp³-hybridized carbons (Fsp3) is 0.343. The lowest BCUT2D eigenvalue weighted by atomic mass is 10.0. The van der Waals surface area contributed by atoms with Gasteiger partial charge in [-0.15, -0.1) is 0 Å². The van der Waals surface area contributed by atoms with E-state index in [1.807, 2.05) is 0 Å². The molecule has 4 amide bonds. The molecule has 4 aromatic rings. The highest BCUT2D eigenvalue weighted by Gasteiger charge is 2.37. The molecule has 14 nitrogen and oxygen atoms in total. The summed E-state index contributed by atoms with van der Waals surface area (Å²) in [5.74, 6) is 0.190. The van der Waals surface area contributed by atoms with Gasteiger partial charge in [-0.1, -0.05) is 11.6 Å². The summed E-state index contributed by atoms with van der Waals surface area (Å²) in [6.07, 6.45) is -0.737. The van der Waals surface area contributed by atoms with E-state index >= 15 is 0 Å². The number of nitrogens with one attached hydrogen (secondary N) is 2. The van der Waals surface area contributed by atoms with Crippen LogP contribution in [0.25, 0.3) is 10.9 Å². The van der Waals surface area contributed by atoms with Crippen molar-refractivity contribution in [3.05, 3.63) is 87.7 Å². The monoisotopic (exact) mass is 727 g/mol. The van der Waals surface area contributed by atoms with Crippen molar-refractivity contribution in [1.29, 1.82) is 0 Å². The largest absolute Gasteiger partial charge is 0.497 e. The first-order valence-corrected chi connectivity index (χ1v) is 16.4. The van der Waals surface area contributed by atoms with Crippen molar-refractivity contribution in [2.45, 2.75) is 32.4 Å². The summed E-state index contributed by atoms with van der Waals surface area (Å²) in [7, 11) is 4.17. The number of rotatable bonds is 9. The van der Waals surface area contributed by atoms with Gasteiger partial charge in [0.1, 0.15) is 22.9 Å². The molecule has 1 aliphatic rings. The zero-order valence-electron chi connectivity index (χ0n) is 29.0. The molecule has 0 radical (unpaired) electrons. The molecule has 0 saturated carbocycles. The number of benzene rings is 3. The summed E-state index contributed by atoms with van der Waals surface area (Å²) in [4.78, 5) is 61.8. The quantitative estimate of drug-likeness (QED) is 0.231. The molecule has 1 atom stereocenters. The molecular formula is C35H43ClFN7O7. The van der Waals surface area contributed by atoms with Crippen LogP contribution in [0.1, 0.15) is 35.5 Å². The first-order chi connectivity index (χ1) is 24.3. The Kier molecular flexibility index (Phi) is 10.9. The van der Waals surface area contributed by atoms with Gasteiger partial charge in [-0.3, -0.25) is 14.5 Å². The van der Waals surface area contributed by atoms with Crippen LogP contribution < -0.4 is 35.6 Å². The fourth-order valence-corrected chi connectivity index (χ4v) is 6.05.